The summed E-state index contributed by atoms with van der Waals surface area (Å²) in [7, 11) is 0. The molecule has 3 aromatic rings. The van der Waals surface area contributed by atoms with Crippen LogP contribution in [0.2, 0.25) is 0 Å². The van der Waals surface area contributed by atoms with Gasteiger partial charge < -0.3 is 14.2 Å². The molecule has 0 saturated carbocycles. The average molecular weight is 402 g/mol. The fourth-order valence-corrected chi connectivity index (χ4v) is 3.59. The van der Waals surface area contributed by atoms with Crippen molar-refractivity contribution in [3.05, 3.63) is 83.7 Å². The molecule has 1 unspecified atom stereocenters. The van der Waals surface area contributed by atoms with Crippen molar-refractivity contribution in [3.63, 3.8) is 0 Å². The Balaban J connectivity index is 1.39. The molecule has 1 heterocycles. The molecular weight excluding hydrogens is 379 g/mol. The highest BCUT2D eigenvalue weighted by atomic mass is 19.1. The van der Waals surface area contributed by atoms with E-state index in [9.17, 15) is 4.39 Å². The zero-order valence-electron chi connectivity index (χ0n) is 16.9. The molecule has 0 spiro atoms. The Kier molecular flexibility index (Phi) is 5.63. The van der Waals surface area contributed by atoms with Crippen LogP contribution in [0.3, 0.4) is 0 Å². The molecule has 3 aromatic carbocycles. The van der Waals surface area contributed by atoms with Crippen molar-refractivity contribution in [3.8, 4) is 35.3 Å². The van der Waals surface area contributed by atoms with Crippen molar-refractivity contribution in [1.82, 2.24) is 0 Å². The second-order valence-corrected chi connectivity index (χ2v) is 7.60. The molecule has 0 aromatic heterocycles. The number of halogens is 1. The van der Waals surface area contributed by atoms with Crippen molar-refractivity contribution < 1.29 is 18.6 Å². The maximum atomic E-state index is 13.1. The van der Waals surface area contributed by atoms with Gasteiger partial charge in [0.15, 0.2) is 11.5 Å². The van der Waals surface area contributed by atoms with E-state index in [4.69, 9.17) is 20.6 Å². The van der Waals surface area contributed by atoms with E-state index in [1.165, 1.54) is 17.7 Å². The van der Waals surface area contributed by atoms with Crippen LogP contribution < -0.4 is 14.2 Å². The normalized spacial score (nSPS) is 14.0. The van der Waals surface area contributed by atoms with E-state index in [2.05, 4.69) is 18.9 Å². The van der Waals surface area contributed by atoms with E-state index >= 15 is 0 Å². The zero-order chi connectivity index (χ0) is 21.0. The smallest absolute Gasteiger partial charge is 0.231 e. The van der Waals surface area contributed by atoms with Gasteiger partial charge in [0.25, 0.3) is 0 Å². The second-order valence-electron chi connectivity index (χ2n) is 7.60. The van der Waals surface area contributed by atoms with Gasteiger partial charge in [-0.15, -0.1) is 6.42 Å². The minimum Gasteiger partial charge on any atom is -0.457 e. The minimum absolute atomic E-state index is 0.252. The van der Waals surface area contributed by atoms with Gasteiger partial charge in [0.05, 0.1) is 5.41 Å². The summed E-state index contributed by atoms with van der Waals surface area (Å²) in [5.74, 6) is 5.54. The molecule has 4 rings (SSSR count). The summed E-state index contributed by atoms with van der Waals surface area (Å²) in [5, 5.41) is 0. The van der Waals surface area contributed by atoms with Gasteiger partial charge in [-0.25, -0.2) is 4.39 Å². The van der Waals surface area contributed by atoms with Crippen LogP contribution in [-0.2, 0) is 11.8 Å². The zero-order valence-corrected chi connectivity index (χ0v) is 16.9. The monoisotopic (exact) mass is 402 g/mol. The molecule has 4 heteroatoms. The summed E-state index contributed by atoms with van der Waals surface area (Å²) < 4.78 is 29.8. The van der Waals surface area contributed by atoms with Crippen LogP contribution in [0.25, 0.3) is 0 Å². The molecule has 1 atom stereocenters. The molecule has 30 heavy (non-hydrogen) atoms. The van der Waals surface area contributed by atoms with Gasteiger partial charge in [-0.2, -0.15) is 0 Å². The van der Waals surface area contributed by atoms with Gasteiger partial charge in [0.2, 0.25) is 6.79 Å². The minimum atomic E-state index is -0.386. The number of fused-ring (bicyclic) bond motifs is 1. The number of aryl methyl sites for hydroxylation is 1. The van der Waals surface area contributed by atoms with Crippen LogP contribution in [0.4, 0.5) is 4.39 Å². The highest BCUT2D eigenvalue weighted by Crippen LogP contribution is 2.38. The van der Waals surface area contributed by atoms with E-state index in [0.717, 1.165) is 42.1 Å². The Labute approximate surface area is 176 Å². The maximum Gasteiger partial charge on any atom is 0.231 e. The lowest BCUT2D eigenvalue weighted by Gasteiger charge is -2.24. The summed E-state index contributed by atoms with van der Waals surface area (Å²) in [6, 6.07) is 19.9. The fourth-order valence-electron chi connectivity index (χ4n) is 3.59. The first-order chi connectivity index (χ1) is 14.6. The first-order valence-corrected chi connectivity index (χ1v) is 9.96. The Bertz CT molecular complexity index is 1070. The number of ether oxygens (including phenoxy) is 3. The summed E-state index contributed by atoms with van der Waals surface area (Å²) >= 11 is 0. The quantitative estimate of drug-likeness (QED) is 0.437. The Morgan fingerprint density at radius 2 is 1.80 bits per heavy atom. The fraction of sp³-hybridized carbons (Fsp3) is 0.231. The SMILES string of the molecule is C#CC(C)(CCCc1cccc(Oc2ccc(F)cc2)c1)c1ccc2c(c1)OCO2. The number of benzene rings is 3. The molecule has 1 aliphatic rings. The molecule has 0 fully saturated rings. The molecule has 0 saturated heterocycles. The molecule has 0 N–H and O–H groups in total. The third-order valence-electron chi connectivity index (χ3n) is 5.42. The molecule has 0 bridgehead atoms. The van der Waals surface area contributed by atoms with Gasteiger partial charge in [-0.3, -0.25) is 0 Å². The standard InChI is InChI=1S/C26H23FO3/c1-3-26(2,20-9-14-24-25(17-20)29-18-28-24)15-5-7-19-6-4-8-23(16-19)30-22-12-10-21(27)11-13-22/h1,4,6,8-14,16-17H,5,7,15,18H2,2H3. The van der Waals surface area contributed by atoms with Crippen LogP contribution in [0.1, 0.15) is 30.9 Å². The van der Waals surface area contributed by atoms with E-state index in [-0.39, 0.29) is 18.0 Å². The van der Waals surface area contributed by atoms with Crippen LogP contribution >= 0.6 is 0 Å². The lowest BCUT2D eigenvalue weighted by Crippen LogP contribution is -2.19. The summed E-state index contributed by atoms with van der Waals surface area (Å²) in [5.41, 5.74) is 1.84. The highest BCUT2D eigenvalue weighted by Gasteiger charge is 2.26. The second kappa shape index (κ2) is 8.51. The Morgan fingerprint density at radius 3 is 2.60 bits per heavy atom. The number of rotatable bonds is 7. The topological polar surface area (TPSA) is 27.7 Å². The van der Waals surface area contributed by atoms with Crippen molar-refractivity contribution in [1.29, 1.82) is 0 Å². The predicted octanol–water partition coefficient (Wildman–Crippen LogP) is 6.26. The van der Waals surface area contributed by atoms with Crippen LogP contribution in [0.15, 0.2) is 66.7 Å². The van der Waals surface area contributed by atoms with Gasteiger partial charge in [-0.1, -0.05) is 24.1 Å². The van der Waals surface area contributed by atoms with Crippen molar-refractivity contribution in [2.24, 2.45) is 0 Å². The van der Waals surface area contributed by atoms with Gasteiger partial charge >= 0.3 is 0 Å². The lowest BCUT2D eigenvalue weighted by molar-refractivity contribution is 0.174. The third kappa shape index (κ3) is 4.41. The number of terminal acetylenes is 1. The van der Waals surface area contributed by atoms with E-state index < -0.39 is 0 Å². The molecular formula is C26H23FO3. The Hall–Kier alpha value is -3.45. The molecule has 152 valence electrons. The van der Waals surface area contributed by atoms with E-state index in [0.29, 0.717) is 5.75 Å². The summed E-state index contributed by atoms with van der Waals surface area (Å²) in [4.78, 5) is 0. The first kappa shape index (κ1) is 19.8. The van der Waals surface area contributed by atoms with Crippen molar-refractivity contribution in [2.45, 2.75) is 31.6 Å². The maximum absolute atomic E-state index is 13.1. The number of hydrogen-bond acceptors (Lipinski definition) is 3. The highest BCUT2D eigenvalue weighted by molar-refractivity contribution is 5.48. The first-order valence-electron chi connectivity index (χ1n) is 9.96. The van der Waals surface area contributed by atoms with Crippen LogP contribution in [0, 0.1) is 18.2 Å². The molecule has 3 nitrogen and oxygen atoms in total. The molecule has 0 radical (unpaired) electrons. The largest absolute Gasteiger partial charge is 0.457 e. The molecule has 1 aliphatic heterocycles. The predicted molar refractivity (Wildman–Crippen MR) is 115 cm³/mol. The van der Waals surface area contributed by atoms with Gasteiger partial charge in [0, 0.05) is 0 Å². The van der Waals surface area contributed by atoms with E-state index in [1.807, 2.05) is 36.4 Å². The van der Waals surface area contributed by atoms with Crippen molar-refractivity contribution >= 4 is 0 Å². The molecule has 0 aliphatic carbocycles. The Morgan fingerprint density at radius 1 is 1.00 bits per heavy atom. The lowest BCUT2D eigenvalue weighted by atomic mass is 9.78. The third-order valence-corrected chi connectivity index (χ3v) is 5.42. The summed E-state index contributed by atoms with van der Waals surface area (Å²) in [6.45, 7) is 2.33. The van der Waals surface area contributed by atoms with Crippen LogP contribution in [-0.4, -0.2) is 6.79 Å². The summed E-state index contributed by atoms with van der Waals surface area (Å²) in [6.07, 6.45) is 8.56. The molecule has 0 amide bonds. The van der Waals surface area contributed by atoms with Gasteiger partial charge in [-0.05, 0) is 85.8 Å². The number of hydrogen-bond donors (Lipinski definition) is 0. The van der Waals surface area contributed by atoms with Crippen LogP contribution in [0.5, 0.6) is 23.0 Å². The van der Waals surface area contributed by atoms with E-state index in [1.54, 1.807) is 12.1 Å². The average Bonchev–Trinajstić information content (AvgIpc) is 3.23. The van der Waals surface area contributed by atoms with Crippen molar-refractivity contribution in [2.75, 3.05) is 6.79 Å². The van der Waals surface area contributed by atoms with Gasteiger partial charge in [0.1, 0.15) is 17.3 Å².